The van der Waals surface area contributed by atoms with E-state index in [0.29, 0.717) is 18.1 Å². The van der Waals surface area contributed by atoms with E-state index >= 15 is 0 Å². The lowest BCUT2D eigenvalue weighted by Crippen LogP contribution is -2.50. The van der Waals surface area contributed by atoms with Crippen molar-refractivity contribution in [2.45, 2.75) is 50.9 Å². The molecule has 4 rings (SSSR count). The fourth-order valence-corrected chi connectivity index (χ4v) is 4.98. The molecule has 0 saturated carbocycles. The Balaban J connectivity index is 0.000000317. The number of carbonyl (C=O) groups is 2. The number of ether oxygens (including phenoxy) is 1. The molecule has 2 aliphatic rings. The van der Waals surface area contributed by atoms with E-state index in [1.54, 1.807) is 11.3 Å². The van der Waals surface area contributed by atoms with E-state index in [0.717, 1.165) is 44.2 Å². The van der Waals surface area contributed by atoms with E-state index < -0.39 is 24.3 Å². The number of nitrogens with zero attached hydrogens (tertiary/aromatic N) is 4. The van der Waals surface area contributed by atoms with E-state index in [1.807, 2.05) is 25.6 Å². The number of hydrogen-bond donors (Lipinski definition) is 2. The monoisotopic (exact) mass is 586 g/mol. The largest absolute Gasteiger partial charge is 0.490 e. The maximum atomic E-state index is 10.6. The molecule has 3 atom stereocenters. The molecule has 0 aromatic carbocycles. The molecule has 0 spiro atoms. The van der Waals surface area contributed by atoms with Crippen molar-refractivity contribution in [3.8, 4) is 0 Å². The molecule has 2 saturated heterocycles. The Hall–Kier alpha value is -2.82. The molecule has 4 heterocycles. The molecule has 0 radical (unpaired) electrons. The summed E-state index contributed by atoms with van der Waals surface area (Å²) in [6, 6.07) is 4.76. The molecule has 0 bridgehead atoms. The van der Waals surface area contributed by atoms with Crippen molar-refractivity contribution in [3.05, 3.63) is 46.2 Å². The van der Waals surface area contributed by atoms with Crippen LogP contribution >= 0.6 is 11.3 Å². The van der Waals surface area contributed by atoms with E-state index in [1.165, 1.54) is 11.3 Å². The van der Waals surface area contributed by atoms with Gasteiger partial charge in [0.1, 0.15) is 0 Å². The number of fused-ring (bicyclic) bond motifs is 1. The number of piperidine rings is 1. The second kappa shape index (κ2) is 14.0. The summed E-state index contributed by atoms with van der Waals surface area (Å²) in [7, 11) is 1.87. The average molecular weight is 587 g/mol. The van der Waals surface area contributed by atoms with Crippen LogP contribution in [0.4, 0.5) is 26.3 Å². The first-order valence-corrected chi connectivity index (χ1v) is 12.4. The van der Waals surface area contributed by atoms with Crippen molar-refractivity contribution < 1.29 is 50.9 Å². The van der Waals surface area contributed by atoms with Crippen molar-refractivity contribution in [3.63, 3.8) is 0 Å². The lowest BCUT2D eigenvalue weighted by Gasteiger charge is -2.41. The van der Waals surface area contributed by atoms with Crippen molar-refractivity contribution in [2.24, 2.45) is 5.92 Å². The van der Waals surface area contributed by atoms with Gasteiger partial charge in [-0.15, -0.1) is 11.3 Å². The highest BCUT2D eigenvalue weighted by Gasteiger charge is 2.44. The van der Waals surface area contributed by atoms with Crippen LogP contribution in [0.5, 0.6) is 0 Å². The molecule has 2 aromatic heterocycles. The Labute approximate surface area is 224 Å². The fraction of sp³-hybridized carbons (Fsp3) is 0.565. The highest BCUT2D eigenvalue weighted by molar-refractivity contribution is 7.09. The molecule has 2 aliphatic heterocycles. The molecular weight excluding hydrogens is 558 g/mol. The summed E-state index contributed by atoms with van der Waals surface area (Å²) in [5, 5.41) is 17.6. The van der Waals surface area contributed by atoms with Gasteiger partial charge in [0.25, 0.3) is 0 Å². The van der Waals surface area contributed by atoms with Crippen molar-refractivity contribution in [1.82, 2.24) is 19.8 Å². The molecule has 2 aromatic rings. The third-order valence-electron chi connectivity index (χ3n) is 6.00. The molecule has 2 N–H and O–H groups in total. The zero-order valence-electron chi connectivity index (χ0n) is 20.9. The predicted octanol–water partition coefficient (Wildman–Crippen LogP) is 3.83. The first-order chi connectivity index (χ1) is 18.1. The number of aryl methyl sites for hydroxylation is 1. The number of carboxylic acid groups (broad SMARTS) is 2. The number of aromatic nitrogens is 2. The number of halogens is 6. The van der Waals surface area contributed by atoms with Gasteiger partial charge in [-0.3, -0.25) is 14.8 Å². The third kappa shape index (κ3) is 10.3. The van der Waals surface area contributed by atoms with Gasteiger partial charge >= 0.3 is 24.3 Å². The van der Waals surface area contributed by atoms with E-state index in [-0.39, 0.29) is 0 Å². The van der Waals surface area contributed by atoms with Gasteiger partial charge in [-0.25, -0.2) is 14.6 Å². The highest BCUT2D eigenvalue weighted by Crippen LogP contribution is 2.34. The third-order valence-corrected chi connectivity index (χ3v) is 6.83. The van der Waals surface area contributed by atoms with Crippen molar-refractivity contribution in [2.75, 3.05) is 26.7 Å². The topological polar surface area (TPSA) is 116 Å². The summed E-state index contributed by atoms with van der Waals surface area (Å²) >= 11 is 1.74. The van der Waals surface area contributed by atoms with Gasteiger partial charge in [0.2, 0.25) is 0 Å². The number of rotatable bonds is 5. The van der Waals surface area contributed by atoms with Gasteiger partial charge in [0.15, 0.2) is 0 Å². The lowest BCUT2D eigenvalue weighted by atomic mass is 9.88. The van der Waals surface area contributed by atoms with Crippen LogP contribution in [0, 0.1) is 12.8 Å². The Morgan fingerprint density at radius 1 is 1.10 bits per heavy atom. The minimum Gasteiger partial charge on any atom is -0.475 e. The number of alkyl halides is 6. The molecule has 218 valence electrons. The highest BCUT2D eigenvalue weighted by atomic mass is 32.1. The van der Waals surface area contributed by atoms with E-state index in [4.69, 9.17) is 24.5 Å². The quantitative estimate of drug-likeness (QED) is 0.505. The summed E-state index contributed by atoms with van der Waals surface area (Å²) in [6.45, 7) is 7.31. The second-order valence-corrected chi connectivity index (χ2v) is 9.85. The second-order valence-electron chi connectivity index (χ2n) is 8.78. The van der Waals surface area contributed by atoms with Crippen LogP contribution in [-0.4, -0.2) is 93.2 Å². The van der Waals surface area contributed by atoms with Crippen LogP contribution in [0.2, 0.25) is 0 Å². The summed E-state index contributed by atoms with van der Waals surface area (Å²) in [5.74, 6) is -4.94. The van der Waals surface area contributed by atoms with E-state index in [2.05, 4.69) is 38.1 Å². The Kier molecular flexibility index (Phi) is 11.6. The maximum Gasteiger partial charge on any atom is 0.490 e. The normalized spacial score (nSPS) is 21.7. The van der Waals surface area contributed by atoms with Crippen LogP contribution < -0.4 is 0 Å². The smallest absolute Gasteiger partial charge is 0.475 e. The summed E-state index contributed by atoms with van der Waals surface area (Å²) < 4.78 is 69.3. The molecule has 0 unspecified atom stereocenters. The minimum atomic E-state index is -5.08. The Bertz CT molecular complexity index is 1050. The molecule has 16 heteroatoms. The number of pyridine rings is 1. The van der Waals surface area contributed by atoms with Gasteiger partial charge in [-0.2, -0.15) is 26.3 Å². The molecule has 0 amide bonds. The summed E-state index contributed by atoms with van der Waals surface area (Å²) in [5.41, 5.74) is 2.50. The first kappa shape index (κ1) is 32.4. The van der Waals surface area contributed by atoms with Crippen LogP contribution in [0.25, 0.3) is 0 Å². The van der Waals surface area contributed by atoms with Crippen LogP contribution in [0.3, 0.4) is 0 Å². The number of thiazole rings is 1. The molecular formula is C23H28F6N4O5S. The van der Waals surface area contributed by atoms with Crippen LogP contribution in [-0.2, 0) is 27.4 Å². The van der Waals surface area contributed by atoms with Crippen LogP contribution in [0.1, 0.15) is 22.7 Å². The lowest BCUT2D eigenvalue weighted by molar-refractivity contribution is -0.193. The number of likely N-dealkylation sites (tertiary alicyclic amines) is 2. The summed E-state index contributed by atoms with van der Waals surface area (Å²) in [4.78, 5) is 31.9. The minimum absolute atomic E-state index is 0.373. The SMILES string of the molecule is CO[C@H]1CCN(Cc2cccnc2)[C@@H]2CN(Cc3csc(C)n3)C[C@H]12.O=C(O)C(F)(F)F.O=C(O)C(F)(F)F. The van der Waals surface area contributed by atoms with Crippen molar-refractivity contribution >= 4 is 23.3 Å². The molecule has 39 heavy (non-hydrogen) atoms. The summed E-state index contributed by atoms with van der Waals surface area (Å²) in [6.07, 6.45) is -4.85. The van der Waals surface area contributed by atoms with Gasteiger partial charge in [0, 0.05) is 69.6 Å². The molecule has 2 fully saturated rings. The Morgan fingerprint density at radius 3 is 2.18 bits per heavy atom. The number of aliphatic carboxylic acids is 2. The number of hydrogen-bond acceptors (Lipinski definition) is 8. The zero-order chi connectivity index (χ0) is 29.4. The fourth-order valence-electron chi connectivity index (χ4n) is 4.37. The molecule has 0 aliphatic carbocycles. The standard InChI is InChI=1S/C19H26N4OS.2C2HF3O2/c1-14-21-16(13-25-14)10-22-11-17-18(12-22)23(7-5-19(17)24-2)9-15-4-3-6-20-8-15;2*3-2(4,5)1(6)7/h3-4,6,8,13,17-19H,5,7,9-12H2,1-2H3;2*(H,6,7)/t17-,18+,19-;;/m0../s1. The number of carboxylic acids is 2. The van der Waals surface area contributed by atoms with Crippen molar-refractivity contribution in [1.29, 1.82) is 0 Å². The van der Waals surface area contributed by atoms with Crippen LogP contribution in [0.15, 0.2) is 29.9 Å². The first-order valence-electron chi connectivity index (χ1n) is 11.5. The Morgan fingerprint density at radius 2 is 1.72 bits per heavy atom. The molecule has 9 nitrogen and oxygen atoms in total. The van der Waals surface area contributed by atoms with Gasteiger partial charge < -0.3 is 14.9 Å². The predicted molar refractivity (Wildman–Crippen MR) is 127 cm³/mol. The number of methoxy groups -OCH3 is 1. The van der Waals surface area contributed by atoms with E-state index in [9.17, 15) is 26.3 Å². The maximum absolute atomic E-state index is 10.6. The zero-order valence-corrected chi connectivity index (χ0v) is 21.8. The average Bonchev–Trinajstić information content (AvgIpc) is 3.46. The van der Waals surface area contributed by atoms with Gasteiger partial charge in [-0.1, -0.05) is 6.07 Å². The van der Waals surface area contributed by atoms with Gasteiger partial charge in [0.05, 0.1) is 16.8 Å². The van der Waals surface area contributed by atoms with Gasteiger partial charge in [-0.05, 0) is 25.0 Å².